The summed E-state index contributed by atoms with van der Waals surface area (Å²) in [6.07, 6.45) is 6.25. The van der Waals surface area contributed by atoms with Crippen molar-refractivity contribution in [1.29, 1.82) is 0 Å². The Hall–Kier alpha value is -2.20. The maximum Gasteiger partial charge on any atom is 0.251 e. The number of aromatic nitrogens is 1. The number of hydrogen-bond donors (Lipinski definition) is 1. The largest absolute Gasteiger partial charge is 0.393 e. The topological polar surface area (TPSA) is 48.0 Å². The zero-order valence-electron chi connectivity index (χ0n) is 12.0. The summed E-state index contributed by atoms with van der Waals surface area (Å²) in [5.41, 5.74) is 8.62. The molecule has 4 heteroatoms. The number of pyridine rings is 1. The van der Waals surface area contributed by atoms with E-state index in [1.54, 1.807) is 16.8 Å². The van der Waals surface area contributed by atoms with Crippen LogP contribution in [0.1, 0.15) is 23.1 Å². The predicted octanol–water partition coefficient (Wildman–Crippen LogP) is 3.00. The Bertz CT molecular complexity index is 732. The van der Waals surface area contributed by atoms with Gasteiger partial charge in [0.05, 0.1) is 4.99 Å². The van der Waals surface area contributed by atoms with Crippen molar-refractivity contribution in [2.45, 2.75) is 19.9 Å². The van der Waals surface area contributed by atoms with Gasteiger partial charge >= 0.3 is 0 Å². The van der Waals surface area contributed by atoms with Crippen molar-refractivity contribution < 1.29 is 0 Å². The van der Waals surface area contributed by atoms with Gasteiger partial charge in [-0.2, -0.15) is 0 Å². The molecular formula is C17H18N2OS. The van der Waals surface area contributed by atoms with Gasteiger partial charge in [-0.1, -0.05) is 54.2 Å². The van der Waals surface area contributed by atoms with Crippen molar-refractivity contribution in [3.05, 3.63) is 69.6 Å². The van der Waals surface area contributed by atoms with Crippen LogP contribution in [0.3, 0.4) is 0 Å². The molecule has 1 aromatic carbocycles. The quantitative estimate of drug-likeness (QED) is 0.863. The van der Waals surface area contributed by atoms with Crippen molar-refractivity contribution in [2.24, 2.45) is 5.73 Å². The summed E-state index contributed by atoms with van der Waals surface area (Å²) in [5.74, 6) is 0. The summed E-state index contributed by atoms with van der Waals surface area (Å²) in [5, 5.41) is 0. The Morgan fingerprint density at radius 3 is 2.57 bits per heavy atom. The maximum atomic E-state index is 12.0. The second-order valence-corrected chi connectivity index (χ2v) is 5.48. The van der Waals surface area contributed by atoms with Crippen molar-refractivity contribution in [3.8, 4) is 0 Å². The Morgan fingerprint density at radius 1 is 1.24 bits per heavy atom. The third kappa shape index (κ3) is 4.68. The highest BCUT2D eigenvalue weighted by molar-refractivity contribution is 7.80. The standard InChI is InChI=1S/C17H18N2OS/c1-13-3-2-4-14(11-13)5-6-15-7-9-19(17(20)12-15)10-8-16(18)21/h2-7,9,11-12H,8,10H2,1H3,(H2,18,21)/b6-5+. The summed E-state index contributed by atoms with van der Waals surface area (Å²) in [6.45, 7) is 2.58. The molecule has 2 aromatic rings. The monoisotopic (exact) mass is 298 g/mol. The Kier molecular flexibility index (Phi) is 5.06. The summed E-state index contributed by atoms with van der Waals surface area (Å²) in [6, 6.07) is 11.7. The first kappa shape index (κ1) is 15.2. The van der Waals surface area contributed by atoms with Gasteiger partial charge in [0.25, 0.3) is 5.56 Å². The molecule has 2 rings (SSSR count). The molecule has 1 aromatic heterocycles. The second kappa shape index (κ2) is 6.99. The van der Waals surface area contributed by atoms with Gasteiger partial charge in [0.1, 0.15) is 0 Å². The lowest BCUT2D eigenvalue weighted by Gasteiger charge is -2.04. The van der Waals surface area contributed by atoms with E-state index in [1.807, 2.05) is 30.4 Å². The zero-order chi connectivity index (χ0) is 15.2. The van der Waals surface area contributed by atoms with Gasteiger partial charge in [0.2, 0.25) is 0 Å². The van der Waals surface area contributed by atoms with E-state index < -0.39 is 0 Å². The summed E-state index contributed by atoms with van der Waals surface area (Å²) < 4.78 is 1.61. The number of benzene rings is 1. The third-order valence-electron chi connectivity index (χ3n) is 3.13. The molecular weight excluding hydrogens is 280 g/mol. The van der Waals surface area contributed by atoms with Crippen LogP contribution >= 0.6 is 12.2 Å². The normalized spacial score (nSPS) is 10.9. The molecule has 0 aliphatic rings. The van der Waals surface area contributed by atoms with Gasteiger partial charge in [-0.3, -0.25) is 4.79 Å². The predicted molar refractivity (Wildman–Crippen MR) is 92.2 cm³/mol. The first-order valence-corrected chi connectivity index (χ1v) is 7.19. The fourth-order valence-electron chi connectivity index (χ4n) is 2.01. The highest BCUT2D eigenvalue weighted by Crippen LogP contribution is 2.09. The van der Waals surface area contributed by atoms with Crippen LogP contribution in [0.25, 0.3) is 12.2 Å². The molecule has 0 amide bonds. The van der Waals surface area contributed by atoms with Crippen molar-refractivity contribution in [2.75, 3.05) is 0 Å². The van der Waals surface area contributed by atoms with Crippen LogP contribution in [0.4, 0.5) is 0 Å². The minimum absolute atomic E-state index is 0.0438. The maximum absolute atomic E-state index is 12.0. The molecule has 1 heterocycles. The molecule has 108 valence electrons. The summed E-state index contributed by atoms with van der Waals surface area (Å²) in [7, 11) is 0. The molecule has 0 aliphatic heterocycles. The van der Waals surface area contributed by atoms with Crippen LogP contribution in [-0.2, 0) is 6.54 Å². The summed E-state index contributed by atoms with van der Waals surface area (Å²) >= 11 is 4.82. The lowest BCUT2D eigenvalue weighted by Crippen LogP contribution is -2.21. The molecule has 0 unspecified atom stereocenters. The van der Waals surface area contributed by atoms with Crippen LogP contribution in [-0.4, -0.2) is 9.56 Å². The SMILES string of the molecule is Cc1cccc(/C=C/c2ccn(CCC(N)=S)c(=O)c2)c1. The van der Waals surface area contributed by atoms with Crippen LogP contribution < -0.4 is 11.3 Å². The van der Waals surface area contributed by atoms with E-state index in [0.717, 1.165) is 11.1 Å². The number of aryl methyl sites for hydroxylation is 2. The Balaban J connectivity index is 2.13. The van der Waals surface area contributed by atoms with Gasteiger partial charge in [0.15, 0.2) is 0 Å². The molecule has 0 saturated carbocycles. The fourth-order valence-corrected chi connectivity index (χ4v) is 2.10. The third-order valence-corrected chi connectivity index (χ3v) is 3.33. The number of nitrogens with two attached hydrogens (primary N) is 1. The molecule has 21 heavy (non-hydrogen) atoms. The van der Waals surface area contributed by atoms with E-state index in [1.165, 1.54) is 5.56 Å². The van der Waals surface area contributed by atoms with Crippen LogP contribution in [0, 0.1) is 6.92 Å². The van der Waals surface area contributed by atoms with Crippen molar-refractivity contribution in [1.82, 2.24) is 4.57 Å². The molecule has 0 atom stereocenters. The van der Waals surface area contributed by atoms with E-state index >= 15 is 0 Å². The molecule has 0 radical (unpaired) electrons. The Labute approximate surface area is 129 Å². The minimum atomic E-state index is -0.0438. The molecule has 0 fully saturated rings. The molecule has 3 nitrogen and oxygen atoms in total. The summed E-state index contributed by atoms with van der Waals surface area (Å²) in [4.78, 5) is 12.4. The smallest absolute Gasteiger partial charge is 0.251 e. The van der Waals surface area contributed by atoms with E-state index in [0.29, 0.717) is 18.0 Å². The second-order valence-electron chi connectivity index (χ2n) is 4.96. The van der Waals surface area contributed by atoms with Gasteiger partial charge in [-0.05, 0) is 24.1 Å². The zero-order valence-corrected chi connectivity index (χ0v) is 12.8. The van der Waals surface area contributed by atoms with Crippen LogP contribution in [0.2, 0.25) is 0 Å². The average Bonchev–Trinajstić information content (AvgIpc) is 2.44. The van der Waals surface area contributed by atoms with Gasteiger partial charge < -0.3 is 10.3 Å². The highest BCUT2D eigenvalue weighted by Gasteiger charge is 1.98. The van der Waals surface area contributed by atoms with E-state index in [2.05, 4.69) is 19.1 Å². The number of hydrogen-bond acceptors (Lipinski definition) is 2. The van der Waals surface area contributed by atoms with Crippen molar-refractivity contribution >= 4 is 29.4 Å². The lowest BCUT2D eigenvalue weighted by molar-refractivity contribution is 0.695. The van der Waals surface area contributed by atoms with E-state index in [4.69, 9.17) is 18.0 Å². The molecule has 2 N–H and O–H groups in total. The molecule has 0 saturated heterocycles. The van der Waals surface area contributed by atoms with Crippen molar-refractivity contribution in [3.63, 3.8) is 0 Å². The number of thiocarbonyl (C=S) groups is 1. The van der Waals surface area contributed by atoms with E-state index in [-0.39, 0.29) is 5.56 Å². The first-order valence-electron chi connectivity index (χ1n) is 6.78. The van der Waals surface area contributed by atoms with E-state index in [9.17, 15) is 4.79 Å². The highest BCUT2D eigenvalue weighted by atomic mass is 32.1. The van der Waals surface area contributed by atoms with Gasteiger partial charge in [-0.25, -0.2) is 0 Å². The molecule has 0 bridgehead atoms. The average molecular weight is 298 g/mol. The first-order chi connectivity index (χ1) is 10.0. The van der Waals surface area contributed by atoms with Gasteiger partial charge in [-0.15, -0.1) is 0 Å². The Morgan fingerprint density at radius 2 is 1.95 bits per heavy atom. The molecule has 0 spiro atoms. The molecule has 0 aliphatic carbocycles. The lowest BCUT2D eigenvalue weighted by atomic mass is 10.1. The fraction of sp³-hybridized carbons (Fsp3) is 0.176. The minimum Gasteiger partial charge on any atom is -0.393 e. The van der Waals surface area contributed by atoms with Crippen LogP contribution in [0.5, 0.6) is 0 Å². The van der Waals surface area contributed by atoms with Crippen LogP contribution in [0.15, 0.2) is 47.4 Å². The number of nitrogens with zero attached hydrogens (tertiary/aromatic N) is 1. The van der Waals surface area contributed by atoms with Gasteiger partial charge in [0, 0.05) is 25.2 Å². The number of rotatable bonds is 5.